The number of benzene rings is 1. The summed E-state index contributed by atoms with van der Waals surface area (Å²) in [4.78, 5) is 2.30. The van der Waals surface area contributed by atoms with E-state index in [4.69, 9.17) is 14.2 Å². The van der Waals surface area contributed by atoms with Gasteiger partial charge in [0.1, 0.15) is 13.2 Å². The lowest BCUT2D eigenvalue weighted by Gasteiger charge is -2.30. The van der Waals surface area contributed by atoms with Gasteiger partial charge in [-0.3, -0.25) is 5.10 Å². The second-order valence-electron chi connectivity index (χ2n) is 6.51. The predicted octanol–water partition coefficient (Wildman–Crippen LogP) is 1.27. The summed E-state index contributed by atoms with van der Waals surface area (Å²) in [7, 11) is 2.13. The van der Waals surface area contributed by atoms with Crippen LogP contribution in [0.5, 0.6) is 11.5 Å². The van der Waals surface area contributed by atoms with Crippen molar-refractivity contribution >= 4 is 0 Å². The van der Waals surface area contributed by atoms with Gasteiger partial charge in [0, 0.05) is 37.3 Å². The zero-order valence-electron chi connectivity index (χ0n) is 14.5. The highest BCUT2D eigenvalue weighted by atomic mass is 16.6. The molecule has 0 amide bonds. The first kappa shape index (κ1) is 16.4. The highest BCUT2D eigenvalue weighted by molar-refractivity contribution is 5.66. The molecule has 0 spiro atoms. The number of fused-ring (bicyclic) bond motifs is 1. The number of morpholine rings is 1. The maximum atomic E-state index is 5.79. The van der Waals surface area contributed by atoms with Crippen LogP contribution in [-0.2, 0) is 11.3 Å². The standard InChI is InChI=1S/C18H24N4O3/c1-22-4-5-23-15(12-22)11-19-9-14-10-20-21-18(14)13-2-3-16-17(8-13)25-7-6-24-16/h2-3,8,10,15,19H,4-7,9,11-12H2,1H3,(H,20,21). The van der Waals surface area contributed by atoms with Crippen LogP contribution in [0.2, 0.25) is 0 Å². The Bertz CT molecular complexity index is 718. The second-order valence-corrected chi connectivity index (χ2v) is 6.51. The third-order valence-corrected chi connectivity index (χ3v) is 4.58. The molecule has 3 heterocycles. The number of nitrogens with one attached hydrogen (secondary N) is 2. The first-order chi connectivity index (χ1) is 12.3. The van der Waals surface area contributed by atoms with Gasteiger partial charge in [-0.1, -0.05) is 0 Å². The van der Waals surface area contributed by atoms with Crippen molar-refractivity contribution in [1.29, 1.82) is 0 Å². The molecule has 2 aliphatic heterocycles. The third-order valence-electron chi connectivity index (χ3n) is 4.58. The Morgan fingerprint density at radius 1 is 1.24 bits per heavy atom. The topological polar surface area (TPSA) is 71.6 Å². The Morgan fingerprint density at radius 2 is 2.12 bits per heavy atom. The highest BCUT2D eigenvalue weighted by Crippen LogP contribution is 2.34. The van der Waals surface area contributed by atoms with Crippen LogP contribution in [0.3, 0.4) is 0 Å². The molecule has 7 nitrogen and oxygen atoms in total. The van der Waals surface area contributed by atoms with Gasteiger partial charge in [-0.05, 0) is 25.2 Å². The van der Waals surface area contributed by atoms with Crippen LogP contribution in [0.25, 0.3) is 11.3 Å². The van der Waals surface area contributed by atoms with Gasteiger partial charge in [0.05, 0.1) is 24.6 Å². The van der Waals surface area contributed by atoms with E-state index in [9.17, 15) is 0 Å². The molecule has 1 aromatic carbocycles. The van der Waals surface area contributed by atoms with Crippen LogP contribution in [0.4, 0.5) is 0 Å². The van der Waals surface area contributed by atoms with Gasteiger partial charge in [-0.15, -0.1) is 0 Å². The molecule has 1 aromatic heterocycles. The van der Waals surface area contributed by atoms with Crippen LogP contribution in [0.1, 0.15) is 5.56 Å². The highest BCUT2D eigenvalue weighted by Gasteiger charge is 2.18. The Balaban J connectivity index is 1.40. The van der Waals surface area contributed by atoms with E-state index >= 15 is 0 Å². The van der Waals surface area contributed by atoms with Gasteiger partial charge in [0.15, 0.2) is 11.5 Å². The van der Waals surface area contributed by atoms with Gasteiger partial charge in [-0.25, -0.2) is 0 Å². The normalized spacial score (nSPS) is 20.6. The van der Waals surface area contributed by atoms with Crippen LogP contribution in [-0.4, -0.2) is 67.7 Å². The summed E-state index contributed by atoms with van der Waals surface area (Å²) in [5.74, 6) is 1.59. The summed E-state index contributed by atoms with van der Waals surface area (Å²) < 4.78 is 17.0. The molecule has 0 radical (unpaired) electrons. The van der Waals surface area contributed by atoms with Crippen LogP contribution in [0.15, 0.2) is 24.4 Å². The Morgan fingerprint density at radius 3 is 3.00 bits per heavy atom. The molecule has 0 bridgehead atoms. The molecule has 1 fully saturated rings. The first-order valence-corrected chi connectivity index (χ1v) is 8.73. The molecule has 2 aromatic rings. The molecule has 1 unspecified atom stereocenters. The summed E-state index contributed by atoms with van der Waals surface area (Å²) in [6.07, 6.45) is 2.11. The summed E-state index contributed by atoms with van der Waals surface area (Å²) in [6.45, 7) is 5.53. The van der Waals surface area contributed by atoms with Gasteiger partial charge >= 0.3 is 0 Å². The number of hydrogen-bond donors (Lipinski definition) is 2. The Kier molecular flexibility index (Phi) is 4.87. The number of likely N-dealkylation sites (N-methyl/N-ethyl adjacent to an activating group) is 1. The largest absolute Gasteiger partial charge is 0.486 e. The fourth-order valence-corrected chi connectivity index (χ4v) is 3.25. The molecule has 25 heavy (non-hydrogen) atoms. The summed E-state index contributed by atoms with van der Waals surface area (Å²) in [5.41, 5.74) is 3.18. The molecule has 0 saturated carbocycles. The minimum atomic E-state index is 0.239. The van der Waals surface area contributed by atoms with Gasteiger partial charge in [-0.2, -0.15) is 5.10 Å². The van der Waals surface area contributed by atoms with Gasteiger partial charge in [0.25, 0.3) is 0 Å². The predicted molar refractivity (Wildman–Crippen MR) is 94.0 cm³/mol. The lowest BCUT2D eigenvalue weighted by atomic mass is 10.1. The second kappa shape index (κ2) is 7.43. The quantitative estimate of drug-likeness (QED) is 0.851. The minimum Gasteiger partial charge on any atom is -0.486 e. The summed E-state index contributed by atoms with van der Waals surface area (Å²) in [5, 5.41) is 10.8. The van der Waals surface area contributed by atoms with E-state index in [1.807, 2.05) is 24.4 Å². The molecule has 4 rings (SSSR count). The average Bonchev–Trinajstić information content (AvgIpc) is 3.10. The van der Waals surface area contributed by atoms with E-state index in [1.165, 1.54) is 0 Å². The Labute approximate surface area is 147 Å². The fourth-order valence-electron chi connectivity index (χ4n) is 3.25. The molecular weight excluding hydrogens is 320 g/mol. The number of nitrogens with zero attached hydrogens (tertiary/aromatic N) is 2. The SMILES string of the molecule is CN1CCOC(CNCc2cn[nH]c2-c2ccc3c(c2)OCCO3)C1. The van der Waals surface area contributed by atoms with Gasteiger partial charge in [0.2, 0.25) is 0 Å². The monoisotopic (exact) mass is 344 g/mol. The minimum absolute atomic E-state index is 0.239. The molecular formula is C18H24N4O3. The van der Waals surface area contributed by atoms with Crippen molar-refractivity contribution < 1.29 is 14.2 Å². The maximum Gasteiger partial charge on any atom is 0.162 e. The van der Waals surface area contributed by atoms with E-state index in [1.54, 1.807) is 0 Å². The molecule has 134 valence electrons. The zero-order valence-corrected chi connectivity index (χ0v) is 14.5. The first-order valence-electron chi connectivity index (χ1n) is 8.73. The van der Waals surface area contributed by atoms with Crippen molar-refractivity contribution in [3.05, 3.63) is 30.0 Å². The third kappa shape index (κ3) is 3.78. The van der Waals surface area contributed by atoms with Crippen LogP contribution in [0, 0.1) is 0 Å². The molecule has 1 saturated heterocycles. The van der Waals surface area contributed by atoms with Crippen LogP contribution < -0.4 is 14.8 Å². The smallest absolute Gasteiger partial charge is 0.162 e. The summed E-state index contributed by atoms with van der Waals surface area (Å²) in [6, 6.07) is 5.99. The number of H-pyrrole nitrogens is 1. The van der Waals surface area contributed by atoms with Crippen molar-refractivity contribution in [2.24, 2.45) is 0 Å². The van der Waals surface area contributed by atoms with Crippen LogP contribution >= 0.6 is 0 Å². The lowest BCUT2D eigenvalue weighted by Crippen LogP contribution is -2.44. The van der Waals surface area contributed by atoms with Crippen molar-refractivity contribution in [1.82, 2.24) is 20.4 Å². The van der Waals surface area contributed by atoms with E-state index in [0.717, 1.165) is 61.1 Å². The molecule has 2 aliphatic rings. The number of aromatic amines is 1. The molecule has 2 N–H and O–H groups in total. The van der Waals surface area contributed by atoms with E-state index < -0.39 is 0 Å². The van der Waals surface area contributed by atoms with Crippen molar-refractivity contribution in [2.45, 2.75) is 12.6 Å². The number of hydrogen-bond acceptors (Lipinski definition) is 6. The van der Waals surface area contributed by atoms with Crippen molar-refractivity contribution in [3.8, 4) is 22.8 Å². The number of ether oxygens (including phenoxy) is 3. The average molecular weight is 344 g/mol. The Hall–Kier alpha value is -2.09. The number of aromatic nitrogens is 2. The van der Waals surface area contributed by atoms with E-state index in [0.29, 0.717) is 13.2 Å². The maximum absolute atomic E-state index is 5.79. The van der Waals surface area contributed by atoms with E-state index in [2.05, 4.69) is 27.5 Å². The summed E-state index contributed by atoms with van der Waals surface area (Å²) >= 11 is 0. The lowest BCUT2D eigenvalue weighted by molar-refractivity contribution is -0.0182. The van der Waals surface area contributed by atoms with Gasteiger partial charge < -0.3 is 24.4 Å². The molecule has 1 atom stereocenters. The molecule has 7 heteroatoms. The molecule has 0 aliphatic carbocycles. The van der Waals surface area contributed by atoms with Crippen molar-refractivity contribution in [2.75, 3.05) is 46.5 Å². The zero-order chi connectivity index (χ0) is 17.1. The number of rotatable bonds is 5. The fraction of sp³-hybridized carbons (Fsp3) is 0.500. The van der Waals surface area contributed by atoms with E-state index in [-0.39, 0.29) is 6.10 Å². The van der Waals surface area contributed by atoms with Crippen molar-refractivity contribution in [3.63, 3.8) is 0 Å².